The van der Waals surface area contributed by atoms with E-state index in [1.807, 2.05) is 0 Å². The molecule has 1 unspecified atom stereocenters. The van der Waals surface area contributed by atoms with E-state index in [-0.39, 0.29) is 24.8 Å². The third-order valence-electron chi connectivity index (χ3n) is 5.94. The van der Waals surface area contributed by atoms with Crippen molar-refractivity contribution in [2.75, 3.05) is 0 Å². The summed E-state index contributed by atoms with van der Waals surface area (Å²) in [7, 11) is 0. The molecule has 3 aliphatic rings. The molecule has 0 radical (unpaired) electrons. The van der Waals surface area contributed by atoms with Crippen molar-refractivity contribution < 1.29 is 48.0 Å². The Morgan fingerprint density at radius 3 is 2.07 bits per heavy atom. The Labute approximate surface area is 203 Å². The molecular weight excluding hydrogens is 486 g/mol. The van der Waals surface area contributed by atoms with Crippen molar-refractivity contribution in [1.82, 2.24) is 0 Å². The summed E-state index contributed by atoms with van der Waals surface area (Å²) >= 11 is -0.745. The molecule has 0 nitrogen and oxygen atoms in total. The standard InChI is InChI=1S/C18H13.C9H11.2ClH.Zr/c1-3-9-15(10-4-1)18(17-13-7-8-14-17)16-11-5-2-6-12-16;1-2-5-9-7-3-6-8(9)4-1;;;/h1-13H;3,6-7H,1-2,4-5H2;2*1H;/q;;;;+2/p-2. The third kappa shape index (κ3) is 4.75. The van der Waals surface area contributed by atoms with Gasteiger partial charge in [-0.1, -0.05) is 0 Å². The van der Waals surface area contributed by atoms with Crippen molar-refractivity contribution in [3.8, 4) is 0 Å². The fraction of sp³-hybridized carbons (Fsp3) is 0.185. The Bertz CT molecular complexity index is 986. The van der Waals surface area contributed by atoms with Crippen LogP contribution in [0.1, 0.15) is 36.8 Å². The molecule has 2 aromatic carbocycles. The van der Waals surface area contributed by atoms with Gasteiger partial charge < -0.3 is 24.8 Å². The van der Waals surface area contributed by atoms with Gasteiger partial charge in [-0.2, -0.15) is 0 Å². The van der Waals surface area contributed by atoms with Crippen LogP contribution in [0, 0.1) is 0 Å². The van der Waals surface area contributed by atoms with E-state index in [1.165, 1.54) is 48.0 Å². The molecule has 3 heteroatoms. The van der Waals surface area contributed by atoms with Crippen LogP contribution in [0.25, 0.3) is 5.57 Å². The largest absolute Gasteiger partial charge is 1.00 e. The molecule has 2 aromatic rings. The first kappa shape index (κ1) is 23.3. The summed E-state index contributed by atoms with van der Waals surface area (Å²) in [6.45, 7) is 0. The average Bonchev–Trinajstić information content (AvgIpc) is 3.38. The Kier molecular flexibility index (Phi) is 8.35. The summed E-state index contributed by atoms with van der Waals surface area (Å²) in [5.41, 5.74) is 8.94. The molecule has 0 aromatic heterocycles. The second kappa shape index (κ2) is 10.8. The normalized spacial score (nSPS) is 18.9. The van der Waals surface area contributed by atoms with E-state index >= 15 is 0 Å². The van der Waals surface area contributed by atoms with Crippen LogP contribution in [-0.2, 0) is 23.2 Å². The van der Waals surface area contributed by atoms with Gasteiger partial charge in [0.25, 0.3) is 0 Å². The zero-order valence-corrected chi connectivity index (χ0v) is 20.8. The average molecular weight is 511 g/mol. The summed E-state index contributed by atoms with van der Waals surface area (Å²) in [6, 6.07) is 21.8. The van der Waals surface area contributed by atoms with Crippen LogP contribution in [0.5, 0.6) is 0 Å². The molecule has 0 bridgehead atoms. The molecule has 0 fully saturated rings. The molecule has 150 valence electrons. The molecule has 0 amide bonds. The topological polar surface area (TPSA) is 0 Å². The maximum absolute atomic E-state index is 2.53. The van der Waals surface area contributed by atoms with Gasteiger partial charge in [0.15, 0.2) is 0 Å². The minimum atomic E-state index is -0.745. The number of rotatable bonds is 4. The SMILES string of the molecule is C1=CC(=C(c2ccccc2)c2ccccc2)[C]([Zr+2][CH]2C=CC3=C2CCCC3)=C1.[Cl-].[Cl-]. The fourth-order valence-corrected chi connectivity index (χ4v) is 8.48. The van der Waals surface area contributed by atoms with Crippen molar-refractivity contribution in [1.29, 1.82) is 0 Å². The van der Waals surface area contributed by atoms with Crippen molar-refractivity contribution in [2.24, 2.45) is 0 Å². The molecular formula is C27H24Cl2Zr. The van der Waals surface area contributed by atoms with Crippen LogP contribution in [-0.4, -0.2) is 0 Å². The minimum absolute atomic E-state index is 0. The number of hydrogen-bond donors (Lipinski definition) is 0. The summed E-state index contributed by atoms with van der Waals surface area (Å²) in [4.78, 5) is 0. The molecule has 30 heavy (non-hydrogen) atoms. The predicted octanol–water partition coefficient (Wildman–Crippen LogP) is 1.26. The number of halogens is 2. The number of benzene rings is 2. The smallest absolute Gasteiger partial charge is 1.00 e. The van der Waals surface area contributed by atoms with E-state index < -0.39 is 23.2 Å². The summed E-state index contributed by atoms with van der Waals surface area (Å²) in [6.07, 6.45) is 17.4. The van der Waals surface area contributed by atoms with Gasteiger partial charge >= 0.3 is 180 Å². The fourth-order valence-electron chi connectivity index (χ4n) is 4.58. The molecule has 0 spiro atoms. The van der Waals surface area contributed by atoms with Gasteiger partial charge in [0.05, 0.1) is 0 Å². The minimum Gasteiger partial charge on any atom is -1.00 e. The van der Waals surface area contributed by atoms with Crippen LogP contribution in [0.15, 0.2) is 111 Å². The zero-order valence-electron chi connectivity index (χ0n) is 16.8. The monoisotopic (exact) mass is 508 g/mol. The third-order valence-corrected chi connectivity index (χ3v) is 9.87. The predicted molar refractivity (Wildman–Crippen MR) is 115 cm³/mol. The van der Waals surface area contributed by atoms with Crippen LogP contribution in [0.2, 0.25) is 3.63 Å². The second-order valence-corrected chi connectivity index (χ2v) is 11.3. The maximum atomic E-state index is 2.53. The van der Waals surface area contributed by atoms with E-state index in [9.17, 15) is 0 Å². The van der Waals surface area contributed by atoms with E-state index in [2.05, 4.69) is 91.0 Å². The molecule has 0 saturated heterocycles. The van der Waals surface area contributed by atoms with Crippen molar-refractivity contribution in [3.05, 3.63) is 122 Å². The first-order valence-electron chi connectivity index (χ1n) is 10.3. The van der Waals surface area contributed by atoms with Gasteiger partial charge in [-0.15, -0.1) is 0 Å². The van der Waals surface area contributed by atoms with Gasteiger partial charge in [-0.3, -0.25) is 0 Å². The summed E-state index contributed by atoms with van der Waals surface area (Å²) in [5, 5.41) is 0. The number of allylic oxidation sites excluding steroid dienone is 9. The zero-order chi connectivity index (χ0) is 18.8. The van der Waals surface area contributed by atoms with E-state index in [1.54, 1.807) is 14.4 Å². The van der Waals surface area contributed by atoms with Crippen LogP contribution in [0.3, 0.4) is 0 Å². The molecule has 3 aliphatic carbocycles. The van der Waals surface area contributed by atoms with Crippen LogP contribution in [0.4, 0.5) is 0 Å². The van der Waals surface area contributed by atoms with E-state index in [4.69, 9.17) is 0 Å². The van der Waals surface area contributed by atoms with Crippen LogP contribution < -0.4 is 24.8 Å². The Morgan fingerprint density at radius 2 is 1.40 bits per heavy atom. The van der Waals surface area contributed by atoms with Gasteiger partial charge in [-0.05, 0) is 0 Å². The first-order valence-corrected chi connectivity index (χ1v) is 13.0. The summed E-state index contributed by atoms with van der Waals surface area (Å²) in [5.74, 6) is 0. The maximum Gasteiger partial charge on any atom is -1.00 e. The molecule has 5 rings (SSSR count). The van der Waals surface area contributed by atoms with Gasteiger partial charge in [0, 0.05) is 0 Å². The molecule has 0 saturated carbocycles. The quantitative estimate of drug-likeness (QED) is 0.581. The Morgan fingerprint density at radius 1 is 0.767 bits per heavy atom. The number of hydrogen-bond acceptors (Lipinski definition) is 0. The van der Waals surface area contributed by atoms with E-state index in [0.29, 0.717) is 0 Å². The van der Waals surface area contributed by atoms with Crippen molar-refractivity contribution in [3.63, 3.8) is 0 Å². The van der Waals surface area contributed by atoms with Gasteiger partial charge in [0.2, 0.25) is 0 Å². The van der Waals surface area contributed by atoms with E-state index in [0.717, 1.165) is 3.63 Å². The second-order valence-electron chi connectivity index (χ2n) is 7.70. The molecule has 0 aliphatic heterocycles. The van der Waals surface area contributed by atoms with Gasteiger partial charge in [-0.25, -0.2) is 0 Å². The molecule has 0 N–H and O–H groups in total. The Balaban J connectivity index is 0.00000128. The van der Waals surface area contributed by atoms with Crippen molar-refractivity contribution >= 4 is 5.57 Å². The molecule has 1 atom stereocenters. The summed E-state index contributed by atoms with van der Waals surface area (Å²) < 4.78 is 2.40. The molecule has 0 heterocycles. The first-order chi connectivity index (χ1) is 13.9. The Hall–Kier alpha value is -1.40. The van der Waals surface area contributed by atoms with Crippen molar-refractivity contribution in [2.45, 2.75) is 29.3 Å². The van der Waals surface area contributed by atoms with Gasteiger partial charge in [0.1, 0.15) is 0 Å². The van der Waals surface area contributed by atoms with Crippen LogP contribution >= 0.6 is 0 Å².